The van der Waals surface area contributed by atoms with E-state index in [1.54, 1.807) is 0 Å². The maximum absolute atomic E-state index is 4.74. The monoisotopic (exact) mass is 421 g/mol. The second kappa shape index (κ2) is 10.4. The number of hydrazone groups is 1. The standard InChI is InChI=1S/C27H27N5/c1-3-4-11-21-16-18-22(19-17-21)20(2)29-31-27-28-25(23-12-7-5-8-13-23)26(30-32-27)24-14-9-6-10-15-24/h5-10,12-19H,3-4,11H2,1-2H3,(H,28,31,32)/b29-20-. The summed E-state index contributed by atoms with van der Waals surface area (Å²) in [5.41, 5.74) is 9.73. The van der Waals surface area contributed by atoms with Crippen molar-refractivity contribution in [3.05, 3.63) is 96.1 Å². The van der Waals surface area contributed by atoms with Crippen LogP contribution in [0.3, 0.4) is 0 Å². The van der Waals surface area contributed by atoms with Crippen molar-refractivity contribution in [2.24, 2.45) is 5.10 Å². The molecule has 4 aromatic rings. The Labute approximate surface area is 189 Å². The van der Waals surface area contributed by atoms with Crippen molar-refractivity contribution in [1.82, 2.24) is 15.2 Å². The minimum atomic E-state index is 0.363. The Morgan fingerprint density at radius 2 is 1.41 bits per heavy atom. The predicted octanol–water partition coefficient (Wildman–Crippen LogP) is 6.38. The number of nitrogens with zero attached hydrogens (tertiary/aromatic N) is 4. The van der Waals surface area contributed by atoms with Gasteiger partial charge in [-0.2, -0.15) is 5.10 Å². The number of benzene rings is 3. The van der Waals surface area contributed by atoms with Gasteiger partial charge in [0.05, 0.1) is 5.71 Å². The van der Waals surface area contributed by atoms with Crippen LogP contribution in [0.1, 0.15) is 37.8 Å². The van der Waals surface area contributed by atoms with Crippen LogP contribution >= 0.6 is 0 Å². The largest absolute Gasteiger partial charge is 0.263 e. The molecule has 0 atom stereocenters. The number of aryl methyl sites for hydroxylation is 1. The van der Waals surface area contributed by atoms with Gasteiger partial charge < -0.3 is 0 Å². The van der Waals surface area contributed by atoms with Gasteiger partial charge in [0.25, 0.3) is 5.95 Å². The molecule has 4 rings (SSSR count). The number of unbranched alkanes of at least 4 members (excludes halogenated alkanes) is 1. The van der Waals surface area contributed by atoms with Crippen molar-refractivity contribution in [1.29, 1.82) is 0 Å². The highest BCUT2D eigenvalue weighted by Gasteiger charge is 2.13. The van der Waals surface area contributed by atoms with Gasteiger partial charge in [-0.3, -0.25) is 0 Å². The quantitative estimate of drug-likeness (QED) is 0.265. The average molecular weight is 422 g/mol. The lowest BCUT2D eigenvalue weighted by Crippen LogP contribution is -2.05. The first-order valence-electron chi connectivity index (χ1n) is 11.0. The van der Waals surface area contributed by atoms with Crippen LogP contribution in [0.15, 0.2) is 90.0 Å². The van der Waals surface area contributed by atoms with Crippen molar-refractivity contribution in [2.75, 3.05) is 5.43 Å². The molecule has 0 amide bonds. The van der Waals surface area contributed by atoms with Gasteiger partial charge in [-0.1, -0.05) is 98.3 Å². The lowest BCUT2D eigenvalue weighted by molar-refractivity contribution is 0.795. The van der Waals surface area contributed by atoms with Crippen molar-refractivity contribution in [2.45, 2.75) is 33.1 Å². The molecule has 1 N–H and O–H groups in total. The smallest absolute Gasteiger partial charge is 0.244 e. The molecule has 0 spiro atoms. The molecule has 5 nitrogen and oxygen atoms in total. The lowest BCUT2D eigenvalue weighted by atomic mass is 10.0. The molecule has 160 valence electrons. The molecule has 0 saturated heterocycles. The number of nitrogens with one attached hydrogen (secondary N) is 1. The third-order valence-corrected chi connectivity index (χ3v) is 5.30. The number of hydrogen-bond donors (Lipinski definition) is 1. The Morgan fingerprint density at radius 1 is 0.781 bits per heavy atom. The van der Waals surface area contributed by atoms with Crippen molar-refractivity contribution in [3.63, 3.8) is 0 Å². The summed E-state index contributed by atoms with van der Waals surface area (Å²) in [6, 6.07) is 28.6. The Kier molecular flexibility index (Phi) is 6.98. The van der Waals surface area contributed by atoms with Gasteiger partial charge >= 0.3 is 0 Å². The minimum absolute atomic E-state index is 0.363. The molecule has 1 heterocycles. The predicted molar refractivity (Wildman–Crippen MR) is 132 cm³/mol. The number of aromatic nitrogens is 3. The van der Waals surface area contributed by atoms with Gasteiger partial charge in [0, 0.05) is 11.1 Å². The Morgan fingerprint density at radius 3 is 2.03 bits per heavy atom. The van der Waals surface area contributed by atoms with E-state index in [0.717, 1.165) is 40.2 Å². The molecule has 0 fully saturated rings. The van der Waals surface area contributed by atoms with Crippen LogP contribution in [0.25, 0.3) is 22.5 Å². The van der Waals surface area contributed by atoms with Crippen molar-refractivity contribution < 1.29 is 0 Å². The van der Waals surface area contributed by atoms with Crippen LogP contribution in [-0.2, 0) is 6.42 Å². The molecule has 32 heavy (non-hydrogen) atoms. The molecule has 0 aliphatic rings. The summed E-state index contributed by atoms with van der Waals surface area (Å²) >= 11 is 0. The van der Waals surface area contributed by atoms with Gasteiger partial charge in [-0.05, 0) is 30.9 Å². The van der Waals surface area contributed by atoms with Gasteiger partial charge in [-0.25, -0.2) is 10.4 Å². The van der Waals surface area contributed by atoms with Crippen LogP contribution in [-0.4, -0.2) is 20.9 Å². The fourth-order valence-corrected chi connectivity index (χ4v) is 3.45. The Bertz CT molecular complexity index is 1170. The van der Waals surface area contributed by atoms with E-state index in [-0.39, 0.29) is 0 Å². The molecule has 0 bridgehead atoms. The zero-order chi connectivity index (χ0) is 22.2. The molecular weight excluding hydrogens is 394 g/mol. The van der Waals surface area contributed by atoms with E-state index in [9.17, 15) is 0 Å². The molecule has 0 aliphatic heterocycles. The molecular formula is C27H27N5. The Hall–Kier alpha value is -3.86. The van der Waals surface area contributed by atoms with Crippen molar-refractivity contribution >= 4 is 11.7 Å². The molecule has 0 aliphatic carbocycles. The third-order valence-electron chi connectivity index (χ3n) is 5.30. The van der Waals surface area contributed by atoms with E-state index in [1.807, 2.05) is 67.6 Å². The van der Waals surface area contributed by atoms with Crippen LogP contribution in [0, 0.1) is 0 Å². The molecule has 0 radical (unpaired) electrons. The highest BCUT2D eigenvalue weighted by molar-refractivity contribution is 5.99. The highest BCUT2D eigenvalue weighted by Crippen LogP contribution is 2.28. The van der Waals surface area contributed by atoms with Gasteiger partial charge in [0.1, 0.15) is 11.4 Å². The minimum Gasteiger partial charge on any atom is -0.244 e. The number of hydrogen-bond acceptors (Lipinski definition) is 5. The normalized spacial score (nSPS) is 11.4. The first-order valence-corrected chi connectivity index (χ1v) is 11.0. The lowest BCUT2D eigenvalue weighted by Gasteiger charge is -2.09. The summed E-state index contributed by atoms with van der Waals surface area (Å²) in [4.78, 5) is 4.74. The average Bonchev–Trinajstić information content (AvgIpc) is 2.87. The summed E-state index contributed by atoms with van der Waals surface area (Å²) in [5.74, 6) is 0.363. The molecule has 5 heteroatoms. The van der Waals surface area contributed by atoms with E-state index in [0.29, 0.717) is 5.95 Å². The summed E-state index contributed by atoms with van der Waals surface area (Å²) in [6.07, 6.45) is 3.52. The summed E-state index contributed by atoms with van der Waals surface area (Å²) in [5, 5.41) is 13.2. The van der Waals surface area contributed by atoms with E-state index in [1.165, 1.54) is 18.4 Å². The maximum Gasteiger partial charge on any atom is 0.263 e. The van der Waals surface area contributed by atoms with Gasteiger partial charge in [0.15, 0.2) is 0 Å². The topological polar surface area (TPSA) is 63.1 Å². The Balaban J connectivity index is 1.59. The number of anilines is 1. The zero-order valence-corrected chi connectivity index (χ0v) is 18.5. The van der Waals surface area contributed by atoms with Crippen molar-refractivity contribution in [3.8, 4) is 22.5 Å². The third kappa shape index (κ3) is 5.24. The first kappa shape index (κ1) is 21.4. The molecule has 0 saturated carbocycles. The van der Waals surface area contributed by atoms with E-state index < -0.39 is 0 Å². The molecule has 3 aromatic carbocycles. The fourth-order valence-electron chi connectivity index (χ4n) is 3.45. The number of rotatable bonds is 8. The summed E-state index contributed by atoms with van der Waals surface area (Å²) < 4.78 is 0. The first-order chi connectivity index (χ1) is 15.7. The summed E-state index contributed by atoms with van der Waals surface area (Å²) in [6.45, 7) is 4.18. The second-order valence-electron chi connectivity index (χ2n) is 7.67. The molecule has 0 unspecified atom stereocenters. The zero-order valence-electron chi connectivity index (χ0n) is 18.5. The SMILES string of the molecule is CCCCc1ccc(/C(C)=N\Nc2nnc(-c3ccccc3)c(-c3ccccc3)n2)cc1. The molecule has 1 aromatic heterocycles. The van der Waals surface area contributed by atoms with E-state index in [4.69, 9.17) is 4.98 Å². The second-order valence-corrected chi connectivity index (χ2v) is 7.67. The van der Waals surface area contributed by atoms with E-state index in [2.05, 4.69) is 51.9 Å². The van der Waals surface area contributed by atoms with Crippen LogP contribution in [0.2, 0.25) is 0 Å². The maximum atomic E-state index is 4.74. The van der Waals surface area contributed by atoms with Crippen LogP contribution in [0.5, 0.6) is 0 Å². The van der Waals surface area contributed by atoms with Crippen LogP contribution < -0.4 is 5.43 Å². The summed E-state index contributed by atoms with van der Waals surface area (Å²) in [7, 11) is 0. The van der Waals surface area contributed by atoms with Gasteiger partial charge in [-0.15, -0.1) is 10.2 Å². The van der Waals surface area contributed by atoms with Crippen LogP contribution in [0.4, 0.5) is 5.95 Å². The van der Waals surface area contributed by atoms with E-state index >= 15 is 0 Å². The van der Waals surface area contributed by atoms with Gasteiger partial charge in [0.2, 0.25) is 0 Å². The fraction of sp³-hybridized carbons (Fsp3) is 0.185. The highest BCUT2D eigenvalue weighted by atomic mass is 15.4.